The maximum atomic E-state index is 13.9. The number of hydrogen-bond donors (Lipinski definition) is 2. The number of hydrogen-bond acceptors (Lipinski definition) is 3. The highest BCUT2D eigenvalue weighted by Crippen LogP contribution is 2.35. The Kier molecular flexibility index (Phi) is 5.71. The van der Waals surface area contributed by atoms with E-state index in [1.807, 2.05) is 0 Å². The predicted octanol–water partition coefficient (Wildman–Crippen LogP) is 3.78. The minimum absolute atomic E-state index is 0.0204. The van der Waals surface area contributed by atoms with Gasteiger partial charge in [-0.25, -0.2) is 8.78 Å². The van der Waals surface area contributed by atoms with Gasteiger partial charge in [0, 0.05) is 25.1 Å². The van der Waals surface area contributed by atoms with Gasteiger partial charge in [0.05, 0.1) is 11.1 Å². The van der Waals surface area contributed by atoms with Crippen LogP contribution in [0, 0.1) is 11.6 Å². The number of benzene rings is 2. The molecule has 2 amide bonds. The monoisotopic (exact) mass is 414 g/mol. The van der Waals surface area contributed by atoms with Crippen LogP contribution in [0.15, 0.2) is 36.4 Å². The summed E-state index contributed by atoms with van der Waals surface area (Å²) >= 11 is 0. The van der Waals surface area contributed by atoms with E-state index in [2.05, 4.69) is 10.6 Å². The molecule has 1 aliphatic rings. The van der Waals surface area contributed by atoms with Crippen LogP contribution in [0.3, 0.4) is 0 Å². The van der Waals surface area contributed by atoms with Gasteiger partial charge in [-0.1, -0.05) is 0 Å². The predicted molar refractivity (Wildman–Crippen MR) is 91.4 cm³/mol. The fourth-order valence-corrected chi connectivity index (χ4v) is 2.82. The summed E-state index contributed by atoms with van der Waals surface area (Å²) in [5.74, 6) is -3.96. The molecule has 10 heteroatoms. The van der Waals surface area contributed by atoms with Crippen molar-refractivity contribution in [2.24, 2.45) is 0 Å². The average molecular weight is 414 g/mol. The number of rotatable bonds is 4. The minimum Gasteiger partial charge on any atom is -0.453 e. The van der Waals surface area contributed by atoms with Crippen LogP contribution in [0.4, 0.5) is 22.0 Å². The first kappa shape index (κ1) is 20.6. The summed E-state index contributed by atoms with van der Waals surface area (Å²) in [6, 6.07) is 3.98. The summed E-state index contributed by atoms with van der Waals surface area (Å²) in [5.41, 5.74) is -1.59. The Bertz CT molecular complexity index is 946. The Labute approximate surface area is 161 Å². The lowest BCUT2D eigenvalue weighted by atomic mass is 10.0. The van der Waals surface area contributed by atoms with Crippen molar-refractivity contribution in [3.05, 3.63) is 59.2 Å². The summed E-state index contributed by atoms with van der Waals surface area (Å²) in [6.45, 7) is 0.316. The molecule has 1 fully saturated rings. The molecule has 0 saturated carbocycles. The molecule has 0 aromatic heterocycles. The standard InChI is InChI=1S/C19H15F5N2O3/c20-11-2-4-16(14(21)8-11)29-15-3-1-10(19(22,23)24)7-13(15)18(28)26-12-5-6-25-17(27)9-12/h1-4,7-8,12H,5-6,9H2,(H,25,27)(H,26,28). The molecule has 1 heterocycles. The van der Waals surface area contributed by atoms with Crippen LogP contribution in [0.5, 0.6) is 11.5 Å². The molecule has 1 saturated heterocycles. The van der Waals surface area contributed by atoms with Crippen LogP contribution in [0.25, 0.3) is 0 Å². The van der Waals surface area contributed by atoms with Crippen molar-refractivity contribution in [1.29, 1.82) is 0 Å². The first-order valence-electron chi connectivity index (χ1n) is 8.55. The number of alkyl halides is 3. The Morgan fingerprint density at radius 3 is 2.48 bits per heavy atom. The summed E-state index contributed by atoms with van der Waals surface area (Å²) in [7, 11) is 0. The lowest BCUT2D eigenvalue weighted by molar-refractivity contribution is -0.137. The van der Waals surface area contributed by atoms with Crippen molar-refractivity contribution >= 4 is 11.8 Å². The minimum atomic E-state index is -4.72. The third-order valence-corrected chi connectivity index (χ3v) is 4.25. The second kappa shape index (κ2) is 8.06. The summed E-state index contributed by atoms with van der Waals surface area (Å²) in [6.07, 6.45) is -4.34. The number of nitrogens with one attached hydrogen (secondary N) is 2. The van der Waals surface area contributed by atoms with Crippen LogP contribution in [0.2, 0.25) is 0 Å². The normalized spacial score (nSPS) is 16.9. The fraction of sp³-hybridized carbons (Fsp3) is 0.263. The van der Waals surface area contributed by atoms with Crippen molar-refractivity contribution in [2.45, 2.75) is 25.1 Å². The van der Waals surface area contributed by atoms with Gasteiger partial charge in [0.2, 0.25) is 5.91 Å². The Morgan fingerprint density at radius 2 is 1.83 bits per heavy atom. The van der Waals surface area contributed by atoms with Crippen molar-refractivity contribution < 1.29 is 36.3 Å². The van der Waals surface area contributed by atoms with Crippen LogP contribution < -0.4 is 15.4 Å². The zero-order valence-corrected chi connectivity index (χ0v) is 14.8. The van der Waals surface area contributed by atoms with E-state index in [9.17, 15) is 31.5 Å². The SMILES string of the molecule is O=C1CC(NC(=O)c2cc(C(F)(F)F)ccc2Oc2ccc(F)cc2F)CCN1. The highest BCUT2D eigenvalue weighted by atomic mass is 19.4. The molecule has 3 rings (SSSR count). The number of amides is 2. The van der Waals surface area contributed by atoms with Crippen LogP contribution in [-0.4, -0.2) is 24.4 Å². The molecule has 0 aliphatic carbocycles. The fourth-order valence-electron chi connectivity index (χ4n) is 2.82. The Morgan fingerprint density at radius 1 is 1.10 bits per heavy atom. The van der Waals surface area contributed by atoms with Crippen LogP contribution >= 0.6 is 0 Å². The maximum Gasteiger partial charge on any atom is 0.416 e. The average Bonchev–Trinajstić information content (AvgIpc) is 2.63. The smallest absolute Gasteiger partial charge is 0.416 e. The van der Waals surface area contributed by atoms with E-state index in [4.69, 9.17) is 4.74 Å². The molecular weight excluding hydrogens is 399 g/mol. The molecule has 1 unspecified atom stereocenters. The number of piperidine rings is 1. The lowest BCUT2D eigenvalue weighted by Gasteiger charge is -2.23. The molecule has 0 radical (unpaired) electrons. The number of halogens is 5. The summed E-state index contributed by atoms with van der Waals surface area (Å²) < 4.78 is 71.4. The molecule has 2 aromatic rings. The largest absolute Gasteiger partial charge is 0.453 e. The van der Waals surface area contributed by atoms with E-state index >= 15 is 0 Å². The van der Waals surface area contributed by atoms with Gasteiger partial charge in [-0.2, -0.15) is 13.2 Å². The van der Waals surface area contributed by atoms with Crippen LogP contribution in [-0.2, 0) is 11.0 Å². The van der Waals surface area contributed by atoms with Gasteiger partial charge in [-0.05, 0) is 36.8 Å². The van der Waals surface area contributed by atoms with Gasteiger partial charge < -0.3 is 15.4 Å². The van der Waals surface area contributed by atoms with E-state index in [1.54, 1.807) is 0 Å². The third-order valence-electron chi connectivity index (χ3n) is 4.25. The third kappa shape index (κ3) is 5.01. The van der Waals surface area contributed by atoms with Crippen molar-refractivity contribution in [3.63, 3.8) is 0 Å². The molecule has 2 aromatic carbocycles. The Balaban J connectivity index is 1.92. The first-order valence-corrected chi connectivity index (χ1v) is 8.55. The molecular formula is C19H15F5N2O3. The highest BCUT2D eigenvalue weighted by Gasteiger charge is 2.33. The topological polar surface area (TPSA) is 67.4 Å². The second-order valence-corrected chi connectivity index (χ2v) is 6.40. The molecule has 29 heavy (non-hydrogen) atoms. The molecule has 2 N–H and O–H groups in total. The number of ether oxygens (including phenoxy) is 1. The van der Waals surface area contributed by atoms with E-state index in [1.165, 1.54) is 0 Å². The molecule has 1 atom stereocenters. The molecule has 5 nitrogen and oxygen atoms in total. The molecule has 0 spiro atoms. The second-order valence-electron chi connectivity index (χ2n) is 6.40. The van der Waals surface area contributed by atoms with E-state index in [-0.39, 0.29) is 18.1 Å². The summed E-state index contributed by atoms with van der Waals surface area (Å²) in [5, 5.41) is 5.07. The van der Waals surface area contributed by atoms with Crippen molar-refractivity contribution in [2.75, 3.05) is 6.54 Å². The molecule has 154 valence electrons. The zero-order chi connectivity index (χ0) is 21.2. The number of carbonyl (C=O) groups excluding carboxylic acids is 2. The van der Waals surface area contributed by atoms with Crippen molar-refractivity contribution in [3.8, 4) is 11.5 Å². The summed E-state index contributed by atoms with van der Waals surface area (Å²) in [4.78, 5) is 24.0. The van der Waals surface area contributed by atoms with E-state index in [0.29, 0.717) is 31.2 Å². The molecule has 1 aliphatic heterocycles. The zero-order valence-electron chi connectivity index (χ0n) is 14.8. The first-order chi connectivity index (χ1) is 13.6. The Hall–Kier alpha value is -3.17. The number of carbonyl (C=O) groups is 2. The van der Waals surface area contributed by atoms with E-state index < -0.39 is 46.6 Å². The van der Waals surface area contributed by atoms with Gasteiger partial charge in [-0.3, -0.25) is 9.59 Å². The van der Waals surface area contributed by atoms with Crippen LogP contribution in [0.1, 0.15) is 28.8 Å². The lowest BCUT2D eigenvalue weighted by Crippen LogP contribution is -2.45. The quantitative estimate of drug-likeness (QED) is 0.749. The van der Waals surface area contributed by atoms with Gasteiger partial charge in [0.1, 0.15) is 11.6 Å². The van der Waals surface area contributed by atoms with E-state index in [0.717, 1.165) is 18.2 Å². The van der Waals surface area contributed by atoms with Gasteiger partial charge in [-0.15, -0.1) is 0 Å². The van der Waals surface area contributed by atoms with Gasteiger partial charge in [0.15, 0.2) is 11.6 Å². The molecule has 0 bridgehead atoms. The highest BCUT2D eigenvalue weighted by molar-refractivity contribution is 5.97. The van der Waals surface area contributed by atoms with Gasteiger partial charge in [0.25, 0.3) is 5.91 Å². The van der Waals surface area contributed by atoms with Gasteiger partial charge >= 0.3 is 6.18 Å². The van der Waals surface area contributed by atoms with Crippen molar-refractivity contribution in [1.82, 2.24) is 10.6 Å². The maximum absolute atomic E-state index is 13.9.